The Morgan fingerprint density at radius 3 is 2.38 bits per heavy atom. The van der Waals surface area contributed by atoms with Gasteiger partial charge in [0.2, 0.25) is 6.79 Å². The van der Waals surface area contributed by atoms with Crippen molar-refractivity contribution in [2.75, 3.05) is 33.0 Å². The van der Waals surface area contributed by atoms with Gasteiger partial charge in [-0.05, 0) is 38.1 Å². The van der Waals surface area contributed by atoms with Gasteiger partial charge in [0.05, 0.1) is 5.56 Å². The molecule has 0 radical (unpaired) electrons. The molecule has 2 aromatic heterocycles. The minimum absolute atomic E-state index is 0.324. The molecule has 3 aromatic rings. The third kappa shape index (κ3) is 3.86. The van der Waals surface area contributed by atoms with E-state index >= 15 is 0 Å². The molecule has 29 heavy (non-hydrogen) atoms. The summed E-state index contributed by atoms with van der Waals surface area (Å²) in [6.45, 7) is 10.3. The summed E-state index contributed by atoms with van der Waals surface area (Å²) in [5, 5.41) is 8.45. The van der Waals surface area contributed by atoms with E-state index in [1.54, 1.807) is 4.90 Å². The summed E-state index contributed by atoms with van der Waals surface area (Å²) in [7, 11) is 0. The highest BCUT2D eigenvalue weighted by Crippen LogP contribution is 2.32. The average Bonchev–Trinajstić information content (AvgIpc) is 3.43. The smallest absolute Gasteiger partial charge is 0.271 e. The lowest BCUT2D eigenvalue weighted by atomic mass is 10.1. The van der Waals surface area contributed by atoms with Crippen molar-refractivity contribution >= 4 is 0 Å². The Morgan fingerprint density at radius 1 is 0.862 bits per heavy atom. The number of piperazine rings is 1. The number of nitrogens with zero attached hydrogens (tertiary/aromatic N) is 2. The molecule has 2 aliphatic heterocycles. The maximum Gasteiger partial charge on any atom is 0.271 e. The van der Waals surface area contributed by atoms with E-state index in [2.05, 4.69) is 22.3 Å². The highest BCUT2D eigenvalue weighted by molar-refractivity contribution is 5.55. The van der Waals surface area contributed by atoms with Gasteiger partial charge in [0.25, 0.3) is 11.8 Å². The first-order valence-corrected chi connectivity index (χ1v) is 10.1. The molecule has 2 N–H and O–H groups in total. The molecule has 5 rings (SSSR count). The number of ether oxygens (including phenoxy) is 2. The molecule has 0 atom stereocenters. The molecule has 2 aliphatic rings. The lowest BCUT2D eigenvalue weighted by Gasteiger charge is -2.29. The second-order valence-electron chi connectivity index (χ2n) is 7.87. The van der Waals surface area contributed by atoms with Gasteiger partial charge in [-0.15, -0.1) is 10.2 Å². The first-order valence-electron chi connectivity index (χ1n) is 10.1. The largest absolute Gasteiger partial charge is 0.466 e. The quantitative estimate of drug-likeness (QED) is 0.638. The van der Waals surface area contributed by atoms with Crippen LogP contribution in [0.4, 0.5) is 0 Å². The first kappa shape index (κ1) is 18.2. The summed E-state index contributed by atoms with van der Waals surface area (Å²) < 4.78 is 22.3. The Bertz CT molecular complexity index is 1000. The van der Waals surface area contributed by atoms with E-state index in [0.717, 1.165) is 67.9 Å². The van der Waals surface area contributed by atoms with Gasteiger partial charge < -0.3 is 28.1 Å². The van der Waals surface area contributed by atoms with Crippen molar-refractivity contribution in [3.05, 3.63) is 47.2 Å². The summed E-state index contributed by atoms with van der Waals surface area (Å²) in [6.07, 6.45) is 0. The minimum Gasteiger partial charge on any atom is -0.466 e. The molecule has 152 valence electrons. The topological polar surface area (TPSA) is 79.4 Å². The fraction of sp³-hybridized carbons (Fsp3) is 0.429. The van der Waals surface area contributed by atoms with Crippen LogP contribution in [0.25, 0.3) is 11.5 Å². The van der Waals surface area contributed by atoms with Crippen molar-refractivity contribution in [1.29, 1.82) is 0 Å². The normalized spacial score (nSPS) is 20.9. The number of furan rings is 1. The van der Waals surface area contributed by atoms with Crippen molar-refractivity contribution in [3.63, 3.8) is 0 Å². The van der Waals surface area contributed by atoms with Crippen molar-refractivity contribution in [2.24, 2.45) is 0 Å². The molecule has 0 unspecified atom stereocenters. The second-order valence-corrected chi connectivity index (χ2v) is 7.87. The maximum atomic E-state index is 5.90. The number of hydrogen-bond donors (Lipinski definition) is 2. The molecular formula is C21H26N4O4+2. The molecule has 0 bridgehead atoms. The maximum absolute atomic E-state index is 5.90. The van der Waals surface area contributed by atoms with Crippen LogP contribution in [-0.2, 0) is 13.1 Å². The Morgan fingerprint density at radius 2 is 1.62 bits per heavy atom. The predicted octanol–water partition coefficient (Wildman–Crippen LogP) is 0.159. The zero-order valence-electron chi connectivity index (χ0n) is 16.8. The standard InChI is InChI=1S/C21H24N4O4/c1-14-9-17(15(2)28-14)21-23-22-20(29-21)12-25-7-5-24(6-8-25)11-16-3-4-18-19(10-16)27-13-26-18/h3-4,9-10H,5-8,11-13H2,1-2H3/p+2. The van der Waals surface area contributed by atoms with E-state index in [4.69, 9.17) is 18.3 Å². The number of aromatic nitrogens is 2. The van der Waals surface area contributed by atoms with Gasteiger partial charge in [0.1, 0.15) is 44.2 Å². The van der Waals surface area contributed by atoms with Crippen molar-refractivity contribution in [3.8, 4) is 23.0 Å². The van der Waals surface area contributed by atoms with Crippen molar-refractivity contribution in [2.45, 2.75) is 26.9 Å². The molecule has 0 aliphatic carbocycles. The lowest BCUT2D eigenvalue weighted by Crippen LogP contribution is -3.27. The SMILES string of the molecule is Cc1cc(-c2nnc(C[NH+]3CC[NH+](Cc4ccc5c(c4)OCO5)CC3)o2)c(C)o1. The molecule has 1 fully saturated rings. The van der Waals surface area contributed by atoms with E-state index in [1.807, 2.05) is 26.0 Å². The Labute approximate surface area is 169 Å². The molecule has 8 heteroatoms. The molecule has 1 saturated heterocycles. The van der Waals surface area contributed by atoms with Crippen LogP contribution < -0.4 is 19.3 Å². The summed E-state index contributed by atoms with van der Waals surface area (Å²) >= 11 is 0. The molecule has 0 saturated carbocycles. The molecule has 0 amide bonds. The van der Waals surface area contributed by atoms with Gasteiger partial charge in [-0.1, -0.05) is 0 Å². The number of rotatable bonds is 5. The Kier molecular flexibility index (Phi) is 4.73. The number of quaternary nitrogens is 2. The second kappa shape index (κ2) is 7.53. The summed E-state index contributed by atoms with van der Waals surface area (Å²) in [5.74, 6) is 4.60. The third-order valence-corrected chi connectivity index (χ3v) is 5.69. The van der Waals surface area contributed by atoms with Gasteiger partial charge >= 0.3 is 0 Å². The molecule has 0 spiro atoms. The highest BCUT2D eigenvalue weighted by Gasteiger charge is 2.26. The fourth-order valence-corrected chi connectivity index (χ4v) is 4.14. The Hall–Kier alpha value is -2.84. The van der Waals surface area contributed by atoms with Gasteiger partial charge in [-0.25, -0.2) is 0 Å². The number of aryl methyl sites for hydroxylation is 2. The highest BCUT2D eigenvalue weighted by atomic mass is 16.7. The minimum atomic E-state index is 0.324. The molecule has 8 nitrogen and oxygen atoms in total. The van der Waals surface area contributed by atoms with Gasteiger partial charge in [-0.2, -0.15) is 0 Å². The predicted molar refractivity (Wildman–Crippen MR) is 103 cm³/mol. The number of nitrogens with one attached hydrogen (secondary N) is 2. The summed E-state index contributed by atoms with van der Waals surface area (Å²) in [6, 6.07) is 8.19. The zero-order chi connectivity index (χ0) is 19.8. The number of benzene rings is 1. The van der Waals surface area contributed by atoms with Gasteiger partial charge in [-0.3, -0.25) is 0 Å². The van der Waals surface area contributed by atoms with Crippen LogP contribution in [0.5, 0.6) is 11.5 Å². The van der Waals surface area contributed by atoms with Crippen molar-refractivity contribution < 1.29 is 28.1 Å². The van der Waals surface area contributed by atoms with Crippen LogP contribution in [-0.4, -0.2) is 43.2 Å². The number of hydrogen-bond acceptors (Lipinski definition) is 6. The monoisotopic (exact) mass is 398 g/mol. The summed E-state index contributed by atoms with van der Waals surface area (Å²) in [5.41, 5.74) is 2.18. The average molecular weight is 398 g/mol. The molecule has 1 aromatic carbocycles. The van der Waals surface area contributed by atoms with Crippen molar-refractivity contribution in [1.82, 2.24) is 10.2 Å². The fourth-order valence-electron chi connectivity index (χ4n) is 4.14. The molecular weight excluding hydrogens is 372 g/mol. The lowest BCUT2D eigenvalue weighted by molar-refractivity contribution is -1.02. The van der Waals surface area contributed by atoms with E-state index in [1.165, 1.54) is 10.5 Å². The van der Waals surface area contributed by atoms with Gasteiger partial charge in [0.15, 0.2) is 18.0 Å². The van der Waals surface area contributed by atoms with Crippen LogP contribution in [0.3, 0.4) is 0 Å². The van der Waals surface area contributed by atoms with Crippen LogP contribution in [0.1, 0.15) is 23.0 Å². The van der Waals surface area contributed by atoms with Crippen LogP contribution in [0, 0.1) is 13.8 Å². The number of fused-ring (bicyclic) bond motifs is 1. The van der Waals surface area contributed by atoms with Gasteiger partial charge in [0, 0.05) is 5.56 Å². The third-order valence-electron chi connectivity index (χ3n) is 5.69. The Balaban J connectivity index is 1.15. The summed E-state index contributed by atoms with van der Waals surface area (Å²) in [4.78, 5) is 3.07. The van der Waals surface area contributed by atoms with Crippen LogP contribution >= 0.6 is 0 Å². The zero-order valence-corrected chi connectivity index (χ0v) is 16.8. The van der Waals surface area contributed by atoms with E-state index < -0.39 is 0 Å². The van der Waals surface area contributed by atoms with Crippen LogP contribution in [0.2, 0.25) is 0 Å². The molecule has 4 heterocycles. The first-order chi connectivity index (χ1) is 14.1. The van der Waals surface area contributed by atoms with E-state index in [9.17, 15) is 0 Å². The van der Waals surface area contributed by atoms with E-state index in [-0.39, 0.29) is 0 Å². The van der Waals surface area contributed by atoms with E-state index in [0.29, 0.717) is 18.6 Å². The van der Waals surface area contributed by atoms with Crippen LogP contribution in [0.15, 0.2) is 33.1 Å².